The highest BCUT2D eigenvalue weighted by molar-refractivity contribution is 14.0. The van der Waals surface area contributed by atoms with Gasteiger partial charge in [-0.15, -0.1) is 24.0 Å². The summed E-state index contributed by atoms with van der Waals surface area (Å²) < 4.78 is 5.42. The highest BCUT2D eigenvalue weighted by Gasteiger charge is 2.30. The van der Waals surface area contributed by atoms with Gasteiger partial charge in [0.15, 0.2) is 5.96 Å². The maximum Gasteiger partial charge on any atom is 0.408 e. The molecule has 0 spiro atoms. The first-order valence-corrected chi connectivity index (χ1v) is 10.3. The number of benzene rings is 1. The van der Waals surface area contributed by atoms with E-state index < -0.39 is 17.2 Å². The zero-order valence-electron chi connectivity index (χ0n) is 19.7. The molecule has 0 aliphatic carbocycles. The summed E-state index contributed by atoms with van der Waals surface area (Å²) in [5.74, 6) is 0.487. The minimum atomic E-state index is -0.550. The third-order valence-electron chi connectivity index (χ3n) is 4.81. The molecule has 0 radical (unpaired) electrons. The van der Waals surface area contributed by atoms with Crippen LogP contribution in [0.1, 0.15) is 63.4 Å². The van der Waals surface area contributed by atoms with Gasteiger partial charge in [-0.05, 0) is 51.3 Å². The van der Waals surface area contributed by atoms with Crippen LogP contribution in [0.4, 0.5) is 4.79 Å². The molecule has 0 saturated carbocycles. The number of halogens is 1. The Hall–Kier alpha value is -2.04. The van der Waals surface area contributed by atoms with Crippen molar-refractivity contribution in [1.82, 2.24) is 21.3 Å². The van der Waals surface area contributed by atoms with Crippen LogP contribution in [0.2, 0.25) is 0 Å². The van der Waals surface area contributed by atoms with Crippen molar-refractivity contribution in [2.24, 2.45) is 4.99 Å². The fourth-order valence-electron chi connectivity index (χ4n) is 2.87. The summed E-state index contributed by atoms with van der Waals surface area (Å²) in [5, 5.41) is 12.2. The molecule has 0 saturated heterocycles. The zero-order valence-corrected chi connectivity index (χ0v) is 22.0. The van der Waals surface area contributed by atoms with Gasteiger partial charge in [-0.3, -0.25) is 9.79 Å². The Morgan fingerprint density at radius 2 is 1.74 bits per heavy atom. The second kappa shape index (κ2) is 13.4. The first kappa shape index (κ1) is 29.0. The van der Waals surface area contributed by atoms with E-state index in [1.54, 1.807) is 20.2 Å². The number of aliphatic imine (C=N–C) groups is 1. The number of hydrogen-bond acceptors (Lipinski definition) is 4. The number of carbonyl (C=O) groups is 2. The molecule has 8 nitrogen and oxygen atoms in total. The number of guanidine groups is 1. The molecule has 176 valence electrons. The minimum absolute atomic E-state index is 0. The lowest BCUT2D eigenvalue weighted by Crippen LogP contribution is -2.57. The largest absolute Gasteiger partial charge is 0.444 e. The van der Waals surface area contributed by atoms with Gasteiger partial charge in [-0.1, -0.05) is 26.0 Å². The van der Waals surface area contributed by atoms with Crippen LogP contribution >= 0.6 is 24.0 Å². The van der Waals surface area contributed by atoms with Gasteiger partial charge in [-0.2, -0.15) is 0 Å². The van der Waals surface area contributed by atoms with Crippen LogP contribution in [0, 0.1) is 0 Å². The molecule has 1 aromatic rings. The topological polar surface area (TPSA) is 104 Å². The van der Waals surface area contributed by atoms with E-state index in [1.807, 2.05) is 52.8 Å². The molecule has 0 bridgehead atoms. The fraction of sp³-hybridized carbons (Fsp3) is 0.591. The first-order valence-electron chi connectivity index (χ1n) is 10.3. The molecule has 1 aromatic carbocycles. The first-order chi connectivity index (χ1) is 14.1. The lowest BCUT2D eigenvalue weighted by molar-refractivity contribution is 0.0448. The number of nitrogens with one attached hydrogen (secondary N) is 4. The average molecular weight is 547 g/mol. The van der Waals surface area contributed by atoms with Crippen molar-refractivity contribution in [2.45, 2.75) is 65.1 Å². The number of rotatable bonds is 8. The molecule has 0 aliphatic heterocycles. The van der Waals surface area contributed by atoms with Crippen molar-refractivity contribution in [1.29, 1.82) is 0 Å². The quantitative estimate of drug-likeness (QED) is 0.227. The number of nitrogens with zero attached hydrogens (tertiary/aromatic N) is 1. The van der Waals surface area contributed by atoms with Crippen molar-refractivity contribution < 1.29 is 14.3 Å². The van der Waals surface area contributed by atoms with Crippen LogP contribution in [-0.2, 0) is 11.3 Å². The van der Waals surface area contributed by atoms with Gasteiger partial charge in [0, 0.05) is 32.7 Å². The Labute approximate surface area is 203 Å². The maximum absolute atomic E-state index is 12.3. The lowest BCUT2D eigenvalue weighted by atomic mass is 9.93. The van der Waals surface area contributed by atoms with E-state index in [-0.39, 0.29) is 29.9 Å². The maximum atomic E-state index is 12.3. The molecule has 1 rings (SSSR count). The average Bonchev–Trinajstić information content (AvgIpc) is 2.71. The Balaban J connectivity index is 0.00000900. The Morgan fingerprint density at radius 3 is 2.26 bits per heavy atom. The predicted octanol–water partition coefficient (Wildman–Crippen LogP) is 3.41. The van der Waals surface area contributed by atoms with Gasteiger partial charge in [0.1, 0.15) is 5.60 Å². The smallest absolute Gasteiger partial charge is 0.408 e. The molecule has 0 heterocycles. The fourth-order valence-corrected chi connectivity index (χ4v) is 2.87. The van der Waals surface area contributed by atoms with E-state index in [4.69, 9.17) is 4.74 Å². The second-order valence-electron chi connectivity index (χ2n) is 8.17. The summed E-state index contributed by atoms with van der Waals surface area (Å²) in [6.45, 7) is 10.6. The van der Waals surface area contributed by atoms with E-state index in [0.717, 1.165) is 18.4 Å². The molecule has 0 aliphatic rings. The molecular formula is C22H38IN5O3. The summed E-state index contributed by atoms with van der Waals surface area (Å²) in [6, 6.07) is 7.40. The van der Waals surface area contributed by atoms with Crippen molar-refractivity contribution >= 4 is 41.9 Å². The van der Waals surface area contributed by atoms with E-state index in [9.17, 15) is 9.59 Å². The summed E-state index contributed by atoms with van der Waals surface area (Å²) in [6.07, 6.45) is 1.05. The number of ether oxygens (including phenoxy) is 1. The van der Waals surface area contributed by atoms with Gasteiger partial charge in [0.25, 0.3) is 5.91 Å². The van der Waals surface area contributed by atoms with Crippen LogP contribution in [-0.4, -0.2) is 49.7 Å². The zero-order chi connectivity index (χ0) is 22.8. The van der Waals surface area contributed by atoms with Crippen LogP contribution < -0.4 is 21.3 Å². The molecule has 0 fully saturated rings. The van der Waals surface area contributed by atoms with Gasteiger partial charge >= 0.3 is 6.09 Å². The third kappa shape index (κ3) is 10.2. The van der Waals surface area contributed by atoms with Crippen molar-refractivity contribution in [3.05, 3.63) is 35.4 Å². The SMILES string of the molecule is CCC(CC)(CNC(=NC)NCc1cccc(C(=O)NC)c1)NC(=O)OC(C)(C)C.I. The second-order valence-corrected chi connectivity index (χ2v) is 8.17. The summed E-state index contributed by atoms with van der Waals surface area (Å²) >= 11 is 0. The monoisotopic (exact) mass is 547 g/mol. The standard InChI is InChI=1S/C22H37N5O3.HI/c1-8-22(9-2,27-20(29)30-21(3,4)5)15-26-19(24-7)25-14-16-11-10-12-17(13-16)18(28)23-6;/h10-13H,8-9,14-15H2,1-7H3,(H,23,28)(H,27,29)(H2,24,25,26);1H. The molecule has 31 heavy (non-hydrogen) atoms. The minimum Gasteiger partial charge on any atom is -0.444 e. The van der Waals surface area contributed by atoms with Crippen molar-refractivity contribution in [2.75, 3.05) is 20.6 Å². The number of carbonyl (C=O) groups excluding carboxylic acids is 2. The summed E-state index contributed by atoms with van der Waals surface area (Å²) in [7, 11) is 3.30. The Morgan fingerprint density at radius 1 is 1.10 bits per heavy atom. The van der Waals surface area contributed by atoms with Crippen LogP contribution in [0.3, 0.4) is 0 Å². The number of hydrogen-bond donors (Lipinski definition) is 4. The van der Waals surface area contributed by atoms with Crippen LogP contribution in [0.15, 0.2) is 29.3 Å². The van der Waals surface area contributed by atoms with Gasteiger partial charge < -0.3 is 26.0 Å². The van der Waals surface area contributed by atoms with E-state index in [1.165, 1.54) is 0 Å². The van der Waals surface area contributed by atoms with Crippen LogP contribution in [0.5, 0.6) is 0 Å². The molecule has 2 amide bonds. The highest BCUT2D eigenvalue weighted by Crippen LogP contribution is 2.16. The Kier molecular flexibility index (Phi) is 12.5. The van der Waals surface area contributed by atoms with E-state index >= 15 is 0 Å². The molecular weight excluding hydrogens is 509 g/mol. The summed E-state index contributed by atoms with van der Waals surface area (Å²) in [5.41, 5.74) is 0.561. The molecule has 4 N–H and O–H groups in total. The molecule has 0 unspecified atom stereocenters. The van der Waals surface area contributed by atoms with Crippen molar-refractivity contribution in [3.63, 3.8) is 0 Å². The van der Waals surface area contributed by atoms with E-state index in [0.29, 0.717) is 24.6 Å². The molecule has 0 atom stereocenters. The van der Waals surface area contributed by atoms with Crippen LogP contribution in [0.25, 0.3) is 0 Å². The lowest BCUT2D eigenvalue weighted by Gasteiger charge is -2.34. The van der Waals surface area contributed by atoms with Gasteiger partial charge in [0.05, 0.1) is 5.54 Å². The predicted molar refractivity (Wildman–Crippen MR) is 136 cm³/mol. The van der Waals surface area contributed by atoms with Gasteiger partial charge in [0.2, 0.25) is 0 Å². The summed E-state index contributed by atoms with van der Waals surface area (Å²) in [4.78, 5) is 28.3. The van der Waals surface area contributed by atoms with E-state index in [2.05, 4.69) is 26.3 Å². The molecule has 9 heteroatoms. The Bertz CT molecular complexity index is 743. The number of amides is 2. The highest BCUT2D eigenvalue weighted by atomic mass is 127. The van der Waals surface area contributed by atoms with Crippen molar-refractivity contribution in [3.8, 4) is 0 Å². The third-order valence-corrected chi connectivity index (χ3v) is 4.81. The normalized spacial score (nSPS) is 11.8. The number of alkyl carbamates (subject to hydrolysis) is 1. The van der Waals surface area contributed by atoms with Gasteiger partial charge in [-0.25, -0.2) is 4.79 Å². The molecule has 0 aromatic heterocycles.